The van der Waals surface area contributed by atoms with Gasteiger partial charge in [-0.15, -0.1) is 6.42 Å². The highest BCUT2D eigenvalue weighted by Crippen LogP contribution is 2.05. The molecule has 1 rings (SSSR count). The van der Waals surface area contributed by atoms with Crippen LogP contribution in [-0.2, 0) is 4.74 Å². The summed E-state index contributed by atoms with van der Waals surface area (Å²) in [6, 6.07) is 0. The Labute approximate surface area is 63.2 Å². The zero-order chi connectivity index (χ0) is 8.27. The Morgan fingerprint density at radius 2 is 2.64 bits per heavy atom. The van der Waals surface area contributed by atoms with Gasteiger partial charge in [0.05, 0.1) is 7.11 Å². The van der Waals surface area contributed by atoms with Crippen molar-refractivity contribution in [3.8, 4) is 12.3 Å². The molecule has 0 N–H and O–H groups in total. The maximum absolute atomic E-state index is 10.8. The zero-order valence-corrected chi connectivity index (χ0v) is 5.83. The average molecular weight is 151 g/mol. The molecule has 0 fully saturated rings. The largest absolute Gasteiger partial charge is 0.463 e. The van der Waals surface area contributed by atoms with Gasteiger partial charge < -0.3 is 9.15 Å². The van der Waals surface area contributed by atoms with Crippen LogP contribution in [0.2, 0.25) is 0 Å². The predicted octanol–water partition coefficient (Wildman–Crippen LogP) is 0.443. The Balaban J connectivity index is 3.05. The van der Waals surface area contributed by atoms with E-state index in [0.717, 1.165) is 6.39 Å². The quantitative estimate of drug-likeness (QED) is 0.431. The highest BCUT2D eigenvalue weighted by molar-refractivity contribution is 5.88. The third-order valence-electron chi connectivity index (χ3n) is 1.07. The lowest BCUT2D eigenvalue weighted by atomic mass is 10.3. The lowest BCUT2D eigenvalue weighted by Crippen LogP contribution is -2.01. The summed E-state index contributed by atoms with van der Waals surface area (Å²) in [6.07, 6.45) is 6.11. The van der Waals surface area contributed by atoms with Crippen molar-refractivity contribution in [2.75, 3.05) is 7.11 Å². The second kappa shape index (κ2) is 2.88. The molecule has 0 aliphatic heterocycles. The van der Waals surface area contributed by atoms with Gasteiger partial charge in [-0.25, -0.2) is 9.78 Å². The number of hydrogen-bond acceptors (Lipinski definition) is 4. The minimum atomic E-state index is -0.615. The summed E-state index contributed by atoms with van der Waals surface area (Å²) in [6.45, 7) is 0. The third-order valence-corrected chi connectivity index (χ3v) is 1.07. The molecule has 0 saturated carbocycles. The van der Waals surface area contributed by atoms with Crippen LogP contribution in [0.5, 0.6) is 0 Å². The van der Waals surface area contributed by atoms with Crippen molar-refractivity contribution < 1.29 is 13.9 Å². The van der Waals surface area contributed by atoms with E-state index < -0.39 is 5.97 Å². The number of carbonyl (C=O) groups is 1. The molecule has 0 saturated heterocycles. The monoisotopic (exact) mass is 151 g/mol. The topological polar surface area (TPSA) is 52.3 Å². The SMILES string of the molecule is C#Cc1ncoc1C(=O)OC. The van der Waals surface area contributed by atoms with E-state index in [4.69, 9.17) is 6.42 Å². The number of carbonyl (C=O) groups excluding carboxylic acids is 1. The summed E-state index contributed by atoms with van der Waals surface area (Å²) in [5.74, 6) is 1.54. The van der Waals surface area contributed by atoms with Crippen molar-refractivity contribution in [3.05, 3.63) is 17.8 Å². The van der Waals surface area contributed by atoms with Crippen molar-refractivity contribution in [2.24, 2.45) is 0 Å². The second-order valence-corrected chi connectivity index (χ2v) is 1.67. The highest BCUT2D eigenvalue weighted by atomic mass is 16.5. The molecule has 1 aromatic rings. The van der Waals surface area contributed by atoms with Gasteiger partial charge in [0.1, 0.15) is 0 Å². The van der Waals surface area contributed by atoms with Crippen LogP contribution in [0.3, 0.4) is 0 Å². The van der Waals surface area contributed by atoms with E-state index >= 15 is 0 Å². The lowest BCUT2D eigenvalue weighted by molar-refractivity contribution is 0.0564. The minimum Gasteiger partial charge on any atom is -0.463 e. The maximum atomic E-state index is 10.8. The van der Waals surface area contributed by atoms with Crippen molar-refractivity contribution in [1.82, 2.24) is 4.98 Å². The number of terminal acetylenes is 1. The summed E-state index contributed by atoms with van der Waals surface area (Å²) in [5.41, 5.74) is 0.164. The fourth-order valence-corrected chi connectivity index (χ4v) is 0.587. The first kappa shape index (κ1) is 7.35. The molecule has 0 aliphatic rings. The number of aromatic nitrogens is 1. The van der Waals surface area contributed by atoms with Crippen LogP contribution < -0.4 is 0 Å². The second-order valence-electron chi connectivity index (χ2n) is 1.67. The van der Waals surface area contributed by atoms with E-state index in [1.54, 1.807) is 0 Å². The van der Waals surface area contributed by atoms with Crippen molar-refractivity contribution in [1.29, 1.82) is 0 Å². The number of nitrogens with zero attached hydrogens (tertiary/aromatic N) is 1. The Morgan fingerprint density at radius 3 is 3.18 bits per heavy atom. The average Bonchev–Trinajstić information content (AvgIpc) is 2.50. The van der Waals surface area contributed by atoms with E-state index in [1.165, 1.54) is 7.11 Å². The van der Waals surface area contributed by atoms with Gasteiger partial charge in [-0.1, -0.05) is 0 Å². The molecule has 0 radical (unpaired) electrons. The number of rotatable bonds is 1. The lowest BCUT2D eigenvalue weighted by Gasteiger charge is -1.91. The van der Waals surface area contributed by atoms with Crippen LogP contribution >= 0.6 is 0 Å². The molecule has 0 amide bonds. The van der Waals surface area contributed by atoms with Crippen LogP contribution in [0.4, 0.5) is 0 Å². The molecule has 0 atom stereocenters. The fourth-order valence-electron chi connectivity index (χ4n) is 0.587. The normalized spacial score (nSPS) is 8.73. The summed E-state index contributed by atoms with van der Waals surface area (Å²) >= 11 is 0. The molecule has 0 bridgehead atoms. The van der Waals surface area contributed by atoms with Crippen molar-refractivity contribution in [3.63, 3.8) is 0 Å². The molecular formula is C7H5NO3. The Bertz CT molecular complexity index is 308. The summed E-state index contributed by atoms with van der Waals surface area (Å²) in [5, 5.41) is 0. The van der Waals surface area contributed by atoms with E-state index in [1.807, 2.05) is 0 Å². The Kier molecular flexibility index (Phi) is 1.93. The number of methoxy groups -OCH3 is 1. The standard InChI is InChI=1S/C7H5NO3/c1-3-5-6(7(9)10-2)11-4-8-5/h1,4H,2H3. The smallest absolute Gasteiger partial charge is 0.377 e. The summed E-state index contributed by atoms with van der Waals surface area (Å²) in [4.78, 5) is 14.4. The Hall–Kier alpha value is -1.76. The molecule has 0 spiro atoms. The van der Waals surface area contributed by atoms with Gasteiger partial charge in [-0.3, -0.25) is 0 Å². The molecule has 11 heavy (non-hydrogen) atoms. The molecule has 0 unspecified atom stereocenters. The molecule has 4 nitrogen and oxygen atoms in total. The first-order chi connectivity index (χ1) is 5.29. The van der Waals surface area contributed by atoms with E-state index in [2.05, 4.69) is 20.1 Å². The minimum absolute atomic E-state index is 0.0324. The van der Waals surface area contributed by atoms with Crippen LogP contribution in [0.25, 0.3) is 0 Å². The van der Waals surface area contributed by atoms with Crippen molar-refractivity contribution in [2.45, 2.75) is 0 Å². The Morgan fingerprint density at radius 1 is 1.91 bits per heavy atom. The van der Waals surface area contributed by atoms with Gasteiger partial charge in [0.15, 0.2) is 12.1 Å². The first-order valence-corrected chi connectivity index (χ1v) is 2.78. The molecule has 4 heteroatoms. The van der Waals surface area contributed by atoms with Crippen LogP contribution in [0.1, 0.15) is 16.2 Å². The molecule has 1 aromatic heterocycles. The predicted molar refractivity (Wildman–Crippen MR) is 35.8 cm³/mol. The first-order valence-electron chi connectivity index (χ1n) is 2.78. The number of hydrogen-bond donors (Lipinski definition) is 0. The molecular weight excluding hydrogens is 146 g/mol. The fraction of sp³-hybridized carbons (Fsp3) is 0.143. The number of ether oxygens (including phenoxy) is 1. The van der Waals surface area contributed by atoms with Crippen LogP contribution in [0, 0.1) is 12.3 Å². The summed E-state index contributed by atoms with van der Waals surface area (Å²) in [7, 11) is 1.24. The van der Waals surface area contributed by atoms with E-state index in [9.17, 15) is 4.79 Å². The third kappa shape index (κ3) is 1.22. The van der Waals surface area contributed by atoms with Crippen LogP contribution in [0.15, 0.2) is 10.8 Å². The molecule has 56 valence electrons. The van der Waals surface area contributed by atoms with Crippen LogP contribution in [-0.4, -0.2) is 18.1 Å². The zero-order valence-electron chi connectivity index (χ0n) is 5.83. The summed E-state index contributed by atoms with van der Waals surface area (Å²) < 4.78 is 9.05. The van der Waals surface area contributed by atoms with E-state index in [-0.39, 0.29) is 11.5 Å². The maximum Gasteiger partial charge on any atom is 0.377 e. The van der Waals surface area contributed by atoms with Crippen molar-refractivity contribution >= 4 is 5.97 Å². The van der Waals surface area contributed by atoms with Gasteiger partial charge >= 0.3 is 5.97 Å². The van der Waals surface area contributed by atoms with Gasteiger partial charge in [0.25, 0.3) is 0 Å². The highest BCUT2D eigenvalue weighted by Gasteiger charge is 2.14. The van der Waals surface area contributed by atoms with Gasteiger partial charge in [0.2, 0.25) is 5.76 Å². The molecule has 0 aliphatic carbocycles. The van der Waals surface area contributed by atoms with E-state index in [0.29, 0.717) is 0 Å². The molecule has 0 aromatic carbocycles. The van der Waals surface area contributed by atoms with Gasteiger partial charge in [-0.2, -0.15) is 0 Å². The number of oxazole rings is 1. The molecule has 1 heterocycles. The van der Waals surface area contributed by atoms with Gasteiger partial charge in [0, 0.05) is 0 Å². The van der Waals surface area contributed by atoms with Gasteiger partial charge in [-0.05, 0) is 5.92 Å². The number of esters is 1.